The molecule has 0 aliphatic rings. The Labute approximate surface area is 140 Å². The first-order valence-electron chi connectivity index (χ1n) is 5.95. The lowest BCUT2D eigenvalue weighted by Gasteiger charge is -2.19. The molecule has 0 spiro atoms. The van der Waals surface area contributed by atoms with Crippen molar-refractivity contribution < 1.29 is 9.63 Å². The van der Waals surface area contributed by atoms with Crippen LogP contribution in [-0.4, -0.2) is 24.6 Å². The second-order valence-electron chi connectivity index (χ2n) is 4.06. The first-order valence-corrected chi connectivity index (χ1v) is 8.29. The lowest BCUT2D eigenvalue weighted by atomic mass is 10.1. The maximum absolute atomic E-state index is 12.3. The van der Waals surface area contributed by atoms with Crippen LogP contribution in [0.2, 0.25) is 5.02 Å². The molecule has 0 fully saturated rings. The van der Waals surface area contributed by atoms with Crippen molar-refractivity contribution in [2.24, 2.45) is 0 Å². The predicted molar refractivity (Wildman–Crippen MR) is 90.2 cm³/mol. The molecule has 1 aromatic carbocycles. The summed E-state index contributed by atoms with van der Waals surface area (Å²) in [5.74, 6) is -0.0964. The number of hydrogen-bond acceptors (Lipinski definition) is 3. The van der Waals surface area contributed by atoms with Crippen molar-refractivity contribution in [1.29, 1.82) is 0 Å². The summed E-state index contributed by atoms with van der Waals surface area (Å²) >= 11 is 9.43. The number of carbonyl (C=O) groups is 1. The topological polar surface area (TPSA) is 29.5 Å². The van der Waals surface area contributed by atoms with Crippen LogP contribution in [0.15, 0.2) is 35.7 Å². The quantitative estimate of drug-likeness (QED) is 0.533. The van der Waals surface area contributed by atoms with E-state index in [1.807, 2.05) is 35.7 Å². The highest BCUT2D eigenvalue weighted by molar-refractivity contribution is 14.1. The van der Waals surface area contributed by atoms with Crippen molar-refractivity contribution in [2.75, 3.05) is 13.7 Å². The second-order valence-corrected chi connectivity index (χ2v) is 6.58. The smallest absolute Gasteiger partial charge is 0.274 e. The van der Waals surface area contributed by atoms with Gasteiger partial charge in [-0.25, -0.2) is 5.06 Å². The van der Waals surface area contributed by atoms with Crippen molar-refractivity contribution >= 4 is 51.4 Å². The first kappa shape index (κ1) is 15.8. The molecule has 0 saturated carbocycles. The van der Waals surface area contributed by atoms with Crippen LogP contribution in [0.3, 0.4) is 0 Å². The molecule has 2 rings (SSSR count). The van der Waals surface area contributed by atoms with Gasteiger partial charge in [0.2, 0.25) is 0 Å². The van der Waals surface area contributed by atoms with Crippen LogP contribution in [0.4, 0.5) is 0 Å². The molecule has 0 radical (unpaired) electrons. The molecule has 1 heterocycles. The Morgan fingerprint density at radius 1 is 1.35 bits per heavy atom. The van der Waals surface area contributed by atoms with Gasteiger partial charge in [0.25, 0.3) is 5.91 Å². The zero-order chi connectivity index (χ0) is 14.5. The molecule has 0 atom stereocenters. The third-order valence-electron chi connectivity index (χ3n) is 2.78. The molecule has 3 nitrogen and oxygen atoms in total. The van der Waals surface area contributed by atoms with Crippen LogP contribution in [0, 0.1) is 3.57 Å². The summed E-state index contributed by atoms with van der Waals surface area (Å²) in [6.07, 6.45) is 0.721. The minimum atomic E-state index is -0.0964. The Kier molecular flexibility index (Phi) is 5.83. The van der Waals surface area contributed by atoms with Gasteiger partial charge in [-0.1, -0.05) is 23.7 Å². The monoisotopic (exact) mass is 421 g/mol. The number of amides is 1. The molecule has 1 amide bonds. The van der Waals surface area contributed by atoms with E-state index in [1.54, 1.807) is 0 Å². The maximum Gasteiger partial charge on any atom is 0.288 e. The highest BCUT2D eigenvalue weighted by Crippen LogP contribution is 2.21. The standard InChI is InChI=1S/C14H13ClINO2S/c1-19-17(14(18)13-12(16)7-9-20-13)8-6-10-2-4-11(15)5-3-10/h2-5,7,9H,6,8H2,1H3. The van der Waals surface area contributed by atoms with E-state index in [0.29, 0.717) is 16.4 Å². The van der Waals surface area contributed by atoms with Crippen molar-refractivity contribution in [3.05, 3.63) is 54.7 Å². The van der Waals surface area contributed by atoms with Crippen LogP contribution < -0.4 is 0 Å². The van der Waals surface area contributed by atoms with Gasteiger partial charge in [0.15, 0.2) is 0 Å². The van der Waals surface area contributed by atoms with E-state index in [4.69, 9.17) is 16.4 Å². The van der Waals surface area contributed by atoms with Gasteiger partial charge >= 0.3 is 0 Å². The maximum atomic E-state index is 12.3. The lowest BCUT2D eigenvalue weighted by Crippen LogP contribution is -2.31. The highest BCUT2D eigenvalue weighted by atomic mass is 127. The third-order valence-corrected chi connectivity index (χ3v) is 5.19. The Balaban J connectivity index is 2.00. The largest absolute Gasteiger partial charge is 0.288 e. The fourth-order valence-electron chi connectivity index (χ4n) is 1.72. The van der Waals surface area contributed by atoms with Gasteiger partial charge in [0.1, 0.15) is 4.88 Å². The molecule has 0 aliphatic heterocycles. The number of halogens is 2. The molecule has 0 unspecified atom stereocenters. The second kappa shape index (κ2) is 7.40. The van der Waals surface area contributed by atoms with Crippen LogP contribution in [-0.2, 0) is 11.3 Å². The summed E-state index contributed by atoms with van der Waals surface area (Å²) < 4.78 is 0.950. The molecular formula is C14H13ClINO2S. The summed E-state index contributed by atoms with van der Waals surface area (Å²) in [5.41, 5.74) is 1.12. The predicted octanol–water partition coefficient (Wildman–Crippen LogP) is 4.25. The molecule has 106 valence electrons. The molecule has 6 heteroatoms. The number of carbonyl (C=O) groups excluding carboxylic acids is 1. The Hall–Kier alpha value is -0.630. The minimum Gasteiger partial charge on any atom is -0.274 e. The normalized spacial score (nSPS) is 10.6. The van der Waals surface area contributed by atoms with E-state index in [-0.39, 0.29) is 5.91 Å². The summed E-state index contributed by atoms with van der Waals surface area (Å²) in [4.78, 5) is 18.2. The SMILES string of the molecule is CON(CCc1ccc(Cl)cc1)C(=O)c1sccc1I. The van der Waals surface area contributed by atoms with Crippen molar-refractivity contribution in [2.45, 2.75) is 6.42 Å². The number of nitrogens with zero attached hydrogens (tertiary/aromatic N) is 1. The Morgan fingerprint density at radius 3 is 2.60 bits per heavy atom. The van der Waals surface area contributed by atoms with Gasteiger partial charge < -0.3 is 0 Å². The molecule has 2 aromatic rings. The van der Waals surface area contributed by atoms with E-state index < -0.39 is 0 Å². The van der Waals surface area contributed by atoms with Gasteiger partial charge in [0, 0.05) is 8.59 Å². The van der Waals surface area contributed by atoms with Crippen molar-refractivity contribution in [1.82, 2.24) is 5.06 Å². The average molecular weight is 422 g/mol. The molecule has 0 bridgehead atoms. The zero-order valence-electron chi connectivity index (χ0n) is 10.8. The van der Waals surface area contributed by atoms with Crippen LogP contribution in [0.25, 0.3) is 0 Å². The Morgan fingerprint density at radius 2 is 2.05 bits per heavy atom. The van der Waals surface area contributed by atoms with Gasteiger partial charge in [-0.15, -0.1) is 11.3 Å². The molecular weight excluding hydrogens is 409 g/mol. The van der Waals surface area contributed by atoms with Gasteiger partial charge in [-0.05, 0) is 58.2 Å². The Bertz CT molecular complexity index is 585. The lowest BCUT2D eigenvalue weighted by molar-refractivity contribution is -0.0939. The number of rotatable bonds is 5. The fourth-order valence-corrected chi connectivity index (χ4v) is 3.60. The first-order chi connectivity index (χ1) is 9.61. The van der Waals surface area contributed by atoms with Crippen LogP contribution in [0.1, 0.15) is 15.2 Å². The number of hydroxylamine groups is 2. The summed E-state index contributed by atoms with van der Waals surface area (Å²) in [7, 11) is 1.51. The fraction of sp³-hybridized carbons (Fsp3) is 0.214. The minimum absolute atomic E-state index is 0.0964. The van der Waals surface area contributed by atoms with E-state index in [9.17, 15) is 4.79 Å². The van der Waals surface area contributed by atoms with Gasteiger partial charge in [0.05, 0.1) is 13.7 Å². The molecule has 0 aliphatic carbocycles. The zero-order valence-corrected chi connectivity index (χ0v) is 14.5. The average Bonchev–Trinajstić information content (AvgIpc) is 2.87. The number of benzene rings is 1. The molecule has 1 aromatic heterocycles. The molecule has 0 N–H and O–H groups in total. The van der Waals surface area contributed by atoms with Crippen LogP contribution >= 0.6 is 45.5 Å². The van der Waals surface area contributed by atoms with Crippen LogP contribution in [0.5, 0.6) is 0 Å². The van der Waals surface area contributed by atoms with Crippen molar-refractivity contribution in [3.8, 4) is 0 Å². The summed E-state index contributed by atoms with van der Waals surface area (Å²) in [5, 5.41) is 4.01. The highest BCUT2D eigenvalue weighted by Gasteiger charge is 2.19. The van der Waals surface area contributed by atoms with E-state index in [2.05, 4.69) is 22.6 Å². The van der Waals surface area contributed by atoms with Crippen molar-refractivity contribution in [3.63, 3.8) is 0 Å². The number of hydrogen-bond donors (Lipinski definition) is 0. The van der Waals surface area contributed by atoms with E-state index >= 15 is 0 Å². The third kappa shape index (κ3) is 3.94. The van der Waals surface area contributed by atoms with Gasteiger partial charge in [-0.3, -0.25) is 9.63 Å². The van der Waals surface area contributed by atoms with E-state index in [1.165, 1.54) is 23.5 Å². The molecule has 20 heavy (non-hydrogen) atoms. The number of thiophene rings is 1. The van der Waals surface area contributed by atoms with Gasteiger partial charge in [-0.2, -0.15) is 0 Å². The summed E-state index contributed by atoms with van der Waals surface area (Å²) in [6.45, 7) is 0.505. The van der Waals surface area contributed by atoms with E-state index in [0.717, 1.165) is 15.6 Å². The summed E-state index contributed by atoms with van der Waals surface area (Å²) in [6, 6.07) is 9.52. The molecule has 0 saturated heterocycles.